The predicted molar refractivity (Wildman–Crippen MR) is 71.9 cm³/mol. The standard InChI is InChI=1S/C12H14BrNS/c1-12(15)8-2-3-11(14-12)9-4-6-10(13)7-5-9/h4-7,15H,2-3,8H2,1H3. The molecule has 0 aliphatic carbocycles. The summed E-state index contributed by atoms with van der Waals surface area (Å²) in [4.78, 5) is 4.50. The van der Waals surface area contributed by atoms with Crippen LogP contribution in [0.3, 0.4) is 0 Å². The Labute approximate surface area is 105 Å². The number of aliphatic imine (C=N–C) groups is 1. The summed E-state index contributed by atoms with van der Waals surface area (Å²) in [6.45, 7) is 2.08. The molecule has 0 fully saturated rings. The Balaban J connectivity index is 2.31. The second kappa shape index (κ2) is 4.30. The average Bonchev–Trinajstić information content (AvgIpc) is 2.17. The van der Waals surface area contributed by atoms with E-state index >= 15 is 0 Å². The zero-order valence-electron chi connectivity index (χ0n) is 8.70. The van der Waals surface area contributed by atoms with Crippen molar-refractivity contribution in [1.82, 2.24) is 0 Å². The minimum atomic E-state index is -0.180. The maximum Gasteiger partial charge on any atom is 0.100 e. The fourth-order valence-corrected chi connectivity index (χ4v) is 2.39. The molecule has 0 saturated heterocycles. The lowest BCUT2D eigenvalue weighted by atomic mass is 9.98. The van der Waals surface area contributed by atoms with Gasteiger partial charge < -0.3 is 0 Å². The molecule has 1 atom stereocenters. The van der Waals surface area contributed by atoms with Crippen LogP contribution in [0, 0.1) is 0 Å². The topological polar surface area (TPSA) is 12.4 Å². The minimum Gasteiger partial charge on any atom is -0.272 e. The van der Waals surface area contributed by atoms with Crippen LogP contribution in [0.25, 0.3) is 0 Å². The minimum absolute atomic E-state index is 0.180. The van der Waals surface area contributed by atoms with Crippen molar-refractivity contribution < 1.29 is 0 Å². The molecule has 0 N–H and O–H groups in total. The monoisotopic (exact) mass is 283 g/mol. The summed E-state index contributed by atoms with van der Waals surface area (Å²) in [5.74, 6) is 0. The molecule has 3 heteroatoms. The Morgan fingerprint density at radius 1 is 1.33 bits per heavy atom. The summed E-state index contributed by atoms with van der Waals surface area (Å²) in [5, 5.41) is 0. The highest BCUT2D eigenvalue weighted by molar-refractivity contribution is 9.10. The second-order valence-electron chi connectivity index (χ2n) is 4.14. The van der Waals surface area contributed by atoms with Crippen molar-refractivity contribution in [3.8, 4) is 0 Å². The molecule has 1 aromatic carbocycles. The number of benzene rings is 1. The molecule has 0 aromatic heterocycles. The van der Waals surface area contributed by atoms with Crippen molar-refractivity contribution in [2.75, 3.05) is 0 Å². The molecule has 2 rings (SSSR count). The Morgan fingerprint density at radius 2 is 2.00 bits per heavy atom. The van der Waals surface area contributed by atoms with Crippen molar-refractivity contribution >= 4 is 34.3 Å². The lowest BCUT2D eigenvalue weighted by molar-refractivity contribution is 0.569. The van der Waals surface area contributed by atoms with Crippen LogP contribution in [-0.4, -0.2) is 10.6 Å². The maximum absolute atomic E-state index is 4.68. The van der Waals surface area contributed by atoms with Gasteiger partial charge in [-0.05, 0) is 43.9 Å². The molecule has 0 spiro atoms. The number of hydrogen-bond donors (Lipinski definition) is 1. The molecule has 1 aliphatic heterocycles. The number of halogens is 1. The third-order valence-electron chi connectivity index (χ3n) is 2.62. The molecular formula is C12H14BrNS. The van der Waals surface area contributed by atoms with E-state index in [0.717, 1.165) is 17.3 Å². The van der Waals surface area contributed by atoms with Crippen LogP contribution in [0.4, 0.5) is 0 Å². The summed E-state index contributed by atoms with van der Waals surface area (Å²) >= 11 is 7.99. The summed E-state index contributed by atoms with van der Waals surface area (Å²) in [5.41, 5.74) is 2.41. The van der Waals surface area contributed by atoms with Gasteiger partial charge in [-0.15, -0.1) is 12.6 Å². The molecule has 0 amide bonds. The van der Waals surface area contributed by atoms with Crippen molar-refractivity contribution in [2.45, 2.75) is 31.1 Å². The van der Waals surface area contributed by atoms with Crippen LogP contribution < -0.4 is 0 Å². The molecule has 0 radical (unpaired) electrons. The molecule has 1 unspecified atom stereocenters. The first kappa shape index (κ1) is 11.2. The summed E-state index contributed by atoms with van der Waals surface area (Å²) in [6.07, 6.45) is 3.31. The summed E-state index contributed by atoms with van der Waals surface area (Å²) < 4.78 is 1.11. The van der Waals surface area contributed by atoms with E-state index in [2.05, 4.69) is 64.7 Å². The van der Waals surface area contributed by atoms with Gasteiger partial charge in [-0.3, -0.25) is 4.99 Å². The van der Waals surface area contributed by atoms with E-state index in [-0.39, 0.29) is 4.87 Å². The van der Waals surface area contributed by atoms with Gasteiger partial charge in [-0.25, -0.2) is 0 Å². The highest BCUT2D eigenvalue weighted by Gasteiger charge is 2.23. The normalized spacial score (nSPS) is 26.2. The first-order valence-electron chi connectivity index (χ1n) is 5.14. The van der Waals surface area contributed by atoms with Crippen molar-refractivity contribution in [1.29, 1.82) is 0 Å². The molecule has 1 aromatic rings. The average molecular weight is 284 g/mol. The quantitative estimate of drug-likeness (QED) is 0.746. The Kier molecular flexibility index (Phi) is 3.21. The third kappa shape index (κ3) is 2.85. The predicted octanol–water partition coefficient (Wildman–Crippen LogP) is 4.07. The second-order valence-corrected chi connectivity index (χ2v) is 6.02. The van der Waals surface area contributed by atoms with Gasteiger partial charge in [0.1, 0.15) is 4.87 Å². The fourth-order valence-electron chi connectivity index (χ4n) is 1.84. The third-order valence-corrected chi connectivity index (χ3v) is 3.47. The zero-order chi connectivity index (χ0) is 10.9. The highest BCUT2D eigenvalue weighted by Crippen LogP contribution is 2.30. The van der Waals surface area contributed by atoms with Crippen molar-refractivity contribution in [2.24, 2.45) is 4.99 Å². The van der Waals surface area contributed by atoms with Crippen LogP contribution in [0.5, 0.6) is 0 Å². The Bertz CT molecular complexity index is 381. The lowest BCUT2D eigenvalue weighted by Gasteiger charge is -2.25. The van der Waals surface area contributed by atoms with Gasteiger partial charge in [-0.1, -0.05) is 28.1 Å². The Hall–Kier alpha value is -0.280. The lowest BCUT2D eigenvalue weighted by Crippen LogP contribution is -2.22. The van der Waals surface area contributed by atoms with Crippen LogP contribution >= 0.6 is 28.6 Å². The number of nitrogens with zero attached hydrogens (tertiary/aromatic N) is 1. The smallest absolute Gasteiger partial charge is 0.100 e. The molecular weight excluding hydrogens is 270 g/mol. The fraction of sp³-hybridized carbons (Fsp3) is 0.417. The van der Waals surface area contributed by atoms with Gasteiger partial charge in [-0.2, -0.15) is 0 Å². The molecule has 15 heavy (non-hydrogen) atoms. The largest absolute Gasteiger partial charge is 0.272 e. The van der Waals surface area contributed by atoms with Gasteiger partial charge in [0.2, 0.25) is 0 Å². The zero-order valence-corrected chi connectivity index (χ0v) is 11.2. The molecule has 1 aliphatic rings. The maximum atomic E-state index is 4.68. The molecule has 1 heterocycles. The molecule has 80 valence electrons. The van der Waals surface area contributed by atoms with E-state index in [4.69, 9.17) is 0 Å². The van der Waals surface area contributed by atoms with E-state index in [0.29, 0.717) is 0 Å². The Morgan fingerprint density at radius 3 is 2.60 bits per heavy atom. The van der Waals surface area contributed by atoms with Gasteiger partial charge in [0.05, 0.1) is 0 Å². The van der Waals surface area contributed by atoms with Crippen LogP contribution in [0.2, 0.25) is 0 Å². The first-order valence-corrected chi connectivity index (χ1v) is 6.38. The summed E-state index contributed by atoms with van der Waals surface area (Å²) in [7, 11) is 0. The van der Waals surface area contributed by atoms with E-state index in [1.165, 1.54) is 17.7 Å². The molecule has 0 bridgehead atoms. The number of thiol groups is 1. The van der Waals surface area contributed by atoms with Crippen LogP contribution in [-0.2, 0) is 0 Å². The van der Waals surface area contributed by atoms with Gasteiger partial charge in [0.25, 0.3) is 0 Å². The van der Waals surface area contributed by atoms with E-state index in [1.54, 1.807) is 0 Å². The van der Waals surface area contributed by atoms with E-state index in [9.17, 15) is 0 Å². The van der Waals surface area contributed by atoms with Crippen molar-refractivity contribution in [3.63, 3.8) is 0 Å². The molecule has 0 saturated carbocycles. The number of hydrogen-bond acceptors (Lipinski definition) is 2. The summed E-state index contributed by atoms with van der Waals surface area (Å²) in [6, 6.07) is 8.33. The van der Waals surface area contributed by atoms with E-state index in [1.807, 2.05) is 0 Å². The van der Waals surface area contributed by atoms with Gasteiger partial charge in [0.15, 0.2) is 0 Å². The van der Waals surface area contributed by atoms with Crippen molar-refractivity contribution in [3.05, 3.63) is 34.3 Å². The van der Waals surface area contributed by atoms with Gasteiger partial charge in [0, 0.05) is 10.2 Å². The first-order chi connectivity index (χ1) is 7.07. The van der Waals surface area contributed by atoms with E-state index < -0.39 is 0 Å². The number of rotatable bonds is 1. The van der Waals surface area contributed by atoms with Crippen LogP contribution in [0.1, 0.15) is 31.7 Å². The highest BCUT2D eigenvalue weighted by atomic mass is 79.9. The van der Waals surface area contributed by atoms with Gasteiger partial charge >= 0.3 is 0 Å². The SMILES string of the molecule is CC1(S)CCCC(c2ccc(Br)cc2)=N1. The molecule has 1 nitrogen and oxygen atoms in total. The van der Waals surface area contributed by atoms with Crippen LogP contribution in [0.15, 0.2) is 33.7 Å².